The van der Waals surface area contributed by atoms with Gasteiger partial charge in [-0.1, -0.05) is 31.3 Å². The Morgan fingerprint density at radius 3 is 2.92 bits per heavy atom. The molecule has 1 aromatic heterocycles. The number of hydrogen-bond donors (Lipinski definition) is 1. The van der Waals surface area contributed by atoms with Gasteiger partial charge >= 0.3 is 0 Å². The van der Waals surface area contributed by atoms with Crippen LogP contribution in [0.1, 0.15) is 54.5 Å². The van der Waals surface area contributed by atoms with Gasteiger partial charge in [0.2, 0.25) is 0 Å². The zero-order valence-electron chi connectivity index (χ0n) is 15.0. The summed E-state index contributed by atoms with van der Waals surface area (Å²) in [6, 6.07) is 6.37. The summed E-state index contributed by atoms with van der Waals surface area (Å²) < 4.78 is 5.88. The fourth-order valence-corrected chi connectivity index (χ4v) is 4.39. The van der Waals surface area contributed by atoms with Crippen LogP contribution in [-0.4, -0.2) is 29.6 Å². The Labute approximate surface area is 152 Å². The Bertz CT molecular complexity index is 841. The van der Waals surface area contributed by atoms with Crippen molar-refractivity contribution in [2.75, 3.05) is 18.1 Å². The van der Waals surface area contributed by atoms with Crippen molar-refractivity contribution >= 4 is 28.1 Å². The number of aromatic nitrogens is 1. The number of hydrogen-bond acceptors (Lipinski definition) is 5. The van der Waals surface area contributed by atoms with Crippen LogP contribution in [0.25, 0.3) is 0 Å². The third-order valence-electron chi connectivity index (χ3n) is 4.70. The summed E-state index contributed by atoms with van der Waals surface area (Å²) in [6.45, 7) is 9.78. The highest BCUT2D eigenvalue weighted by molar-refractivity contribution is 7.17. The van der Waals surface area contributed by atoms with E-state index in [0.717, 1.165) is 40.1 Å². The van der Waals surface area contributed by atoms with Gasteiger partial charge in [0.1, 0.15) is 17.2 Å². The average Bonchev–Trinajstić information content (AvgIpc) is 2.96. The molecule has 0 fully saturated rings. The van der Waals surface area contributed by atoms with Gasteiger partial charge < -0.3 is 15.0 Å². The van der Waals surface area contributed by atoms with Gasteiger partial charge in [0.25, 0.3) is 5.91 Å². The fraction of sp³-hybridized carbons (Fsp3) is 0.474. The Morgan fingerprint density at radius 2 is 2.16 bits per heavy atom. The Hall–Kier alpha value is -2.08. The minimum atomic E-state index is -0.246. The molecular formula is C19H23N3O2S. The van der Waals surface area contributed by atoms with Gasteiger partial charge in [-0.05, 0) is 37.5 Å². The normalized spacial score (nSPS) is 18.4. The lowest BCUT2D eigenvalue weighted by atomic mass is 9.94. The van der Waals surface area contributed by atoms with Crippen LogP contribution in [0.15, 0.2) is 18.2 Å². The number of benzene rings is 1. The SMILES string of the molecule is CC(C)c1ccc2c(c1)OCCN2c1nc2c(s1)C(=O)NC(C)(C)C2. The van der Waals surface area contributed by atoms with Crippen molar-refractivity contribution in [1.29, 1.82) is 0 Å². The van der Waals surface area contributed by atoms with E-state index < -0.39 is 0 Å². The van der Waals surface area contributed by atoms with Crippen molar-refractivity contribution in [3.63, 3.8) is 0 Å². The number of amides is 1. The van der Waals surface area contributed by atoms with E-state index in [9.17, 15) is 4.79 Å². The van der Waals surface area contributed by atoms with Crippen LogP contribution in [0.4, 0.5) is 10.8 Å². The number of thiazole rings is 1. The summed E-state index contributed by atoms with van der Waals surface area (Å²) in [5, 5.41) is 3.93. The van der Waals surface area contributed by atoms with Crippen LogP contribution >= 0.6 is 11.3 Å². The third kappa shape index (κ3) is 2.88. The van der Waals surface area contributed by atoms with E-state index in [4.69, 9.17) is 9.72 Å². The van der Waals surface area contributed by atoms with Crippen molar-refractivity contribution in [1.82, 2.24) is 10.3 Å². The standard InChI is InChI=1S/C19H23N3O2S/c1-11(2)12-5-6-14-15(9-12)24-8-7-22(14)18-20-13-10-19(3,4)21-17(23)16(13)25-18/h5-6,9,11H,7-8,10H2,1-4H3,(H,21,23). The molecule has 2 aromatic rings. The number of ether oxygens (including phenoxy) is 1. The van der Waals surface area contributed by atoms with E-state index in [0.29, 0.717) is 12.5 Å². The topological polar surface area (TPSA) is 54.5 Å². The van der Waals surface area contributed by atoms with Gasteiger partial charge in [-0.3, -0.25) is 4.79 Å². The number of carbonyl (C=O) groups is 1. The molecule has 1 amide bonds. The molecule has 0 saturated carbocycles. The zero-order valence-corrected chi connectivity index (χ0v) is 15.9. The Morgan fingerprint density at radius 1 is 1.36 bits per heavy atom. The largest absolute Gasteiger partial charge is 0.490 e. The fourth-order valence-electron chi connectivity index (χ4n) is 3.37. The van der Waals surface area contributed by atoms with Gasteiger partial charge in [0.05, 0.1) is 17.9 Å². The molecule has 5 nitrogen and oxygen atoms in total. The first kappa shape index (κ1) is 16.4. The molecule has 3 heterocycles. The molecule has 2 aliphatic heterocycles. The third-order valence-corrected chi connectivity index (χ3v) is 5.82. The van der Waals surface area contributed by atoms with Gasteiger partial charge in [-0.25, -0.2) is 4.98 Å². The maximum absolute atomic E-state index is 12.4. The monoisotopic (exact) mass is 357 g/mol. The average molecular weight is 357 g/mol. The second-order valence-corrected chi connectivity index (χ2v) is 8.65. The van der Waals surface area contributed by atoms with E-state index in [1.807, 2.05) is 13.8 Å². The minimum absolute atomic E-state index is 0.0151. The molecule has 2 aliphatic rings. The quantitative estimate of drug-likeness (QED) is 0.887. The first-order valence-corrected chi connectivity index (χ1v) is 9.52. The van der Waals surface area contributed by atoms with Crippen molar-refractivity contribution in [3.8, 4) is 5.75 Å². The lowest BCUT2D eigenvalue weighted by Crippen LogP contribution is -2.48. The van der Waals surface area contributed by atoms with Gasteiger partial charge in [0, 0.05) is 12.0 Å². The predicted octanol–water partition coefficient (Wildman–Crippen LogP) is 3.86. The van der Waals surface area contributed by atoms with E-state index in [-0.39, 0.29) is 11.4 Å². The number of fused-ring (bicyclic) bond motifs is 2. The molecule has 0 saturated heterocycles. The Kier molecular flexibility index (Phi) is 3.76. The van der Waals surface area contributed by atoms with Gasteiger partial charge in [-0.15, -0.1) is 0 Å². The summed E-state index contributed by atoms with van der Waals surface area (Å²) in [6.07, 6.45) is 0.758. The second-order valence-electron chi connectivity index (χ2n) is 7.67. The molecule has 25 heavy (non-hydrogen) atoms. The maximum atomic E-state index is 12.4. The van der Waals surface area contributed by atoms with E-state index in [1.165, 1.54) is 16.9 Å². The van der Waals surface area contributed by atoms with E-state index in [1.54, 1.807) is 0 Å². The molecule has 0 atom stereocenters. The highest BCUT2D eigenvalue weighted by Gasteiger charge is 2.34. The maximum Gasteiger partial charge on any atom is 0.263 e. The molecule has 1 N–H and O–H groups in total. The molecular weight excluding hydrogens is 334 g/mol. The van der Waals surface area contributed by atoms with Crippen LogP contribution < -0.4 is 15.0 Å². The summed E-state index contributed by atoms with van der Waals surface area (Å²) >= 11 is 1.47. The van der Waals surface area contributed by atoms with Crippen LogP contribution in [-0.2, 0) is 6.42 Å². The van der Waals surface area contributed by atoms with Crippen molar-refractivity contribution in [2.45, 2.75) is 45.6 Å². The highest BCUT2D eigenvalue weighted by atomic mass is 32.1. The van der Waals surface area contributed by atoms with Crippen molar-refractivity contribution in [3.05, 3.63) is 34.3 Å². The first-order chi connectivity index (χ1) is 11.8. The van der Waals surface area contributed by atoms with E-state index >= 15 is 0 Å². The van der Waals surface area contributed by atoms with E-state index in [2.05, 4.69) is 42.3 Å². The number of anilines is 2. The molecule has 0 radical (unpaired) electrons. The van der Waals surface area contributed by atoms with Crippen LogP contribution in [0.3, 0.4) is 0 Å². The second kappa shape index (κ2) is 5.73. The van der Waals surface area contributed by atoms with Crippen LogP contribution in [0.2, 0.25) is 0 Å². The van der Waals surface area contributed by atoms with Crippen LogP contribution in [0.5, 0.6) is 5.75 Å². The Balaban J connectivity index is 1.72. The number of nitrogens with one attached hydrogen (secondary N) is 1. The summed E-state index contributed by atoms with van der Waals surface area (Å²) in [7, 11) is 0. The molecule has 0 unspecified atom stereocenters. The molecule has 0 aliphatic carbocycles. The van der Waals surface area contributed by atoms with Crippen molar-refractivity contribution < 1.29 is 9.53 Å². The molecule has 0 bridgehead atoms. The van der Waals surface area contributed by atoms with Gasteiger partial charge in [0.15, 0.2) is 5.13 Å². The molecule has 132 valence electrons. The molecule has 0 spiro atoms. The summed E-state index contributed by atoms with van der Waals surface area (Å²) in [5.74, 6) is 1.34. The van der Waals surface area contributed by atoms with Gasteiger partial charge in [-0.2, -0.15) is 0 Å². The molecule has 4 rings (SSSR count). The molecule has 6 heteroatoms. The minimum Gasteiger partial charge on any atom is -0.490 e. The lowest BCUT2D eigenvalue weighted by Gasteiger charge is -2.30. The summed E-state index contributed by atoms with van der Waals surface area (Å²) in [5.41, 5.74) is 2.95. The number of rotatable bonds is 2. The zero-order chi connectivity index (χ0) is 17.8. The number of carbonyl (C=O) groups excluding carboxylic acids is 1. The predicted molar refractivity (Wildman–Crippen MR) is 100 cm³/mol. The number of nitrogens with zero attached hydrogens (tertiary/aromatic N) is 2. The van der Waals surface area contributed by atoms with Crippen molar-refractivity contribution in [2.24, 2.45) is 0 Å². The molecule has 1 aromatic carbocycles. The summed E-state index contributed by atoms with van der Waals surface area (Å²) in [4.78, 5) is 20.1. The lowest BCUT2D eigenvalue weighted by molar-refractivity contribution is 0.0901. The first-order valence-electron chi connectivity index (χ1n) is 8.70. The highest BCUT2D eigenvalue weighted by Crippen LogP contribution is 2.41. The smallest absolute Gasteiger partial charge is 0.263 e. The van der Waals surface area contributed by atoms with Crippen LogP contribution in [0, 0.1) is 0 Å².